The lowest BCUT2D eigenvalue weighted by Gasteiger charge is -2.38. The quantitative estimate of drug-likeness (QED) is 0.0480. The molecule has 0 saturated carbocycles. The third kappa shape index (κ3) is 50.8. The molecule has 2 aliphatic rings. The van der Waals surface area contributed by atoms with Gasteiger partial charge in [-0.3, -0.25) is 72.9 Å². The molecule has 2 fully saturated rings. The maximum absolute atomic E-state index is 13.7. The molecule has 642 valence electrons. The van der Waals surface area contributed by atoms with Crippen LogP contribution in [0, 0.1) is 0 Å². The predicted octanol–water partition coefficient (Wildman–Crippen LogP) is 5.37. The van der Waals surface area contributed by atoms with E-state index in [1.54, 1.807) is 0 Å². The summed E-state index contributed by atoms with van der Waals surface area (Å²) >= 11 is 0. The first kappa shape index (κ1) is 98.9. The zero-order valence-electron chi connectivity index (χ0n) is 71.6. The van der Waals surface area contributed by atoms with Gasteiger partial charge in [0, 0.05) is 131 Å². The van der Waals surface area contributed by atoms with Gasteiger partial charge in [0.1, 0.15) is 33.6 Å². The van der Waals surface area contributed by atoms with E-state index in [-0.39, 0.29) is 105 Å². The molecular formula is C83H145N9O20. The van der Waals surface area contributed by atoms with E-state index in [2.05, 4.69) is 9.80 Å². The fraction of sp³-hybridized carbons (Fsp3) is 0.783. The highest BCUT2D eigenvalue weighted by molar-refractivity contribution is 5.74. The van der Waals surface area contributed by atoms with E-state index < -0.39 is 87.7 Å². The molecule has 2 atom stereocenters. The van der Waals surface area contributed by atoms with Crippen molar-refractivity contribution in [3.63, 3.8) is 0 Å². The van der Waals surface area contributed by atoms with E-state index in [1.165, 1.54) is 0 Å². The molecular weight excluding hydrogens is 1440 g/mol. The van der Waals surface area contributed by atoms with Gasteiger partial charge in [0.25, 0.3) is 0 Å². The highest BCUT2D eigenvalue weighted by Crippen LogP contribution is 2.18. The van der Waals surface area contributed by atoms with Crippen molar-refractivity contribution in [3.05, 3.63) is 71.8 Å². The summed E-state index contributed by atoms with van der Waals surface area (Å²) in [6.07, 6.45) is -2.16. The summed E-state index contributed by atoms with van der Waals surface area (Å²) in [5.41, 5.74) is -2.33. The lowest BCUT2D eigenvalue weighted by Crippen LogP contribution is -2.54. The van der Waals surface area contributed by atoms with Gasteiger partial charge in [-0.2, -0.15) is 0 Å². The molecule has 2 aromatic carbocycles. The first-order chi connectivity index (χ1) is 52.5. The number of carbonyl (C=O) groups excluding carboxylic acids is 6. The van der Waals surface area contributed by atoms with Gasteiger partial charge in [-0.1, -0.05) is 60.7 Å². The molecule has 4 rings (SSSR count). The largest absolute Gasteiger partial charge is 0.459 e. The Kier molecular flexibility index (Phi) is 45.0. The Hall–Kier alpha value is -5.42. The van der Waals surface area contributed by atoms with Crippen molar-refractivity contribution in [1.82, 2.24) is 44.1 Å². The van der Waals surface area contributed by atoms with Crippen molar-refractivity contribution in [2.24, 2.45) is 0 Å². The number of aliphatic hydroxyl groups is 2. The summed E-state index contributed by atoms with van der Waals surface area (Å²) in [5.74, 6) is -2.45. The van der Waals surface area contributed by atoms with Gasteiger partial charge in [0.15, 0.2) is 0 Å². The third-order valence-corrected chi connectivity index (χ3v) is 17.2. The number of β-amino-alcohol motifs (C(OH)–C–C–N with tert-alkyl or cyclic N) is 2. The second-order valence-corrected chi connectivity index (χ2v) is 35.1. The molecule has 2 aliphatic heterocycles. The van der Waals surface area contributed by atoms with Gasteiger partial charge in [-0.15, -0.1) is 0 Å². The lowest BCUT2D eigenvalue weighted by molar-refractivity contribution is -0.158. The van der Waals surface area contributed by atoms with Crippen LogP contribution in [0.5, 0.6) is 0 Å². The van der Waals surface area contributed by atoms with Crippen LogP contribution < -0.4 is 0 Å². The summed E-state index contributed by atoms with van der Waals surface area (Å²) in [6, 6.07) is 19.2. The fourth-order valence-corrected chi connectivity index (χ4v) is 12.3. The predicted molar refractivity (Wildman–Crippen MR) is 429 cm³/mol. The zero-order chi connectivity index (χ0) is 83.0. The molecule has 0 aromatic heterocycles. The normalized spacial score (nSPS) is 17.4. The van der Waals surface area contributed by atoms with Crippen LogP contribution in [0.25, 0.3) is 0 Å². The van der Waals surface area contributed by atoms with Crippen molar-refractivity contribution < 1.29 is 95.8 Å². The molecule has 29 heteroatoms. The second kappa shape index (κ2) is 50.9. The zero-order valence-corrected chi connectivity index (χ0v) is 71.6. The average Bonchev–Trinajstić information content (AvgIpc) is 0.879. The Balaban J connectivity index is 1.77. The molecule has 0 bridgehead atoms. The number of rotatable bonds is 41. The maximum atomic E-state index is 13.7. The summed E-state index contributed by atoms with van der Waals surface area (Å²) in [7, 11) is 0. The van der Waals surface area contributed by atoms with Gasteiger partial charge in [-0.05, 0) is 136 Å². The number of hydrogen-bond acceptors (Lipinski definition) is 29. The van der Waals surface area contributed by atoms with E-state index in [0.29, 0.717) is 144 Å². The average molecular weight is 1590 g/mol. The fourth-order valence-electron chi connectivity index (χ4n) is 12.3. The Morgan fingerprint density at radius 1 is 0.304 bits per heavy atom. The number of carbonyl (C=O) groups is 6. The van der Waals surface area contributed by atoms with E-state index in [1.807, 2.05) is 220 Å². The maximum Gasteiger partial charge on any atom is 0.320 e. The molecule has 2 saturated heterocycles. The standard InChI is InChI=1S/C83H145N9O20/c1-78(2,3)107-72(95)57-86-33-29-84(30-34-87(58-73(96)108-79(4,5)6)38-42-90(41-37-86)61-76(99)111-82(13,14)15)53-70(93)55-92(69(65-105-51-47-101-45-49-103-63-67-25-21-19-22-26-67)66-106-52-48-102-46-50-104-64-68-27-23-20-24-28-68)56-71(94)54-85-31-35-88(59-74(97)109-80(7,8)9)39-43-91(62-77(100)112-83(16,17)18)44-40-89(36-32-85)60-75(98)110-81(10,11)12/h19-28,69-71,93-94H,29-66H2,1-18H3. The molecule has 2 unspecified atom stereocenters. The van der Waals surface area contributed by atoms with Crippen molar-refractivity contribution in [2.75, 3.05) is 236 Å². The summed E-state index contributed by atoms with van der Waals surface area (Å²) in [4.78, 5) is 99.9. The molecule has 0 aliphatic carbocycles. The number of nitrogens with zero attached hydrogens (tertiary/aromatic N) is 9. The van der Waals surface area contributed by atoms with Gasteiger partial charge in [0.05, 0.1) is 137 Å². The lowest BCUT2D eigenvalue weighted by atomic mass is 10.1. The van der Waals surface area contributed by atoms with Gasteiger partial charge in [0.2, 0.25) is 0 Å². The minimum Gasteiger partial charge on any atom is -0.459 e. The van der Waals surface area contributed by atoms with Crippen LogP contribution in [0.4, 0.5) is 0 Å². The summed E-state index contributed by atoms with van der Waals surface area (Å²) in [5, 5.41) is 25.7. The van der Waals surface area contributed by atoms with Gasteiger partial charge < -0.3 is 67.1 Å². The summed E-state index contributed by atoms with van der Waals surface area (Å²) < 4.78 is 71.7. The van der Waals surface area contributed by atoms with Crippen LogP contribution in [0.3, 0.4) is 0 Å². The number of hydrogen-bond donors (Lipinski definition) is 2. The monoisotopic (exact) mass is 1590 g/mol. The van der Waals surface area contributed by atoms with E-state index in [0.717, 1.165) is 11.1 Å². The topological polar surface area (TPSA) is 283 Å². The van der Waals surface area contributed by atoms with Gasteiger partial charge >= 0.3 is 35.8 Å². The molecule has 0 radical (unpaired) electrons. The molecule has 0 amide bonds. The van der Waals surface area contributed by atoms with E-state index >= 15 is 0 Å². The highest BCUT2D eigenvalue weighted by Gasteiger charge is 2.32. The molecule has 0 spiro atoms. The van der Waals surface area contributed by atoms with Crippen LogP contribution in [0.1, 0.15) is 136 Å². The van der Waals surface area contributed by atoms with Crippen molar-refractivity contribution in [2.45, 2.75) is 190 Å². The highest BCUT2D eigenvalue weighted by atomic mass is 16.6. The number of ether oxygens (including phenoxy) is 12. The first-order valence-electron chi connectivity index (χ1n) is 40.2. The Morgan fingerprint density at radius 3 is 0.714 bits per heavy atom. The van der Waals surface area contributed by atoms with Gasteiger partial charge in [-0.25, -0.2) is 0 Å². The van der Waals surface area contributed by atoms with Crippen molar-refractivity contribution in [1.29, 1.82) is 0 Å². The van der Waals surface area contributed by atoms with E-state index in [9.17, 15) is 39.0 Å². The Labute approximate surface area is 670 Å². The van der Waals surface area contributed by atoms with Crippen molar-refractivity contribution in [3.8, 4) is 0 Å². The molecule has 2 N–H and O–H groups in total. The minimum atomic E-state index is -1.08. The number of benzene rings is 2. The Bertz CT molecular complexity index is 2670. The Morgan fingerprint density at radius 2 is 0.500 bits per heavy atom. The molecule has 112 heavy (non-hydrogen) atoms. The van der Waals surface area contributed by atoms with Crippen LogP contribution in [-0.2, 0) is 98.8 Å². The smallest absolute Gasteiger partial charge is 0.320 e. The molecule has 29 nitrogen and oxygen atoms in total. The van der Waals surface area contributed by atoms with Crippen LogP contribution in [-0.4, -0.2) is 378 Å². The van der Waals surface area contributed by atoms with Crippen LogP contribution in [0.15, 0.2) is 60.7 Å². The number of esters is 6. The SMILES string of the molecule is CC(C)(C)OC(=O)CN1CCN(CC(=O)OC(C)(C)C)CCN(CC(O)CN(CC(O)CN2CCN(CC(=O)OC(C)(C)C)CCN(CC(=O)OC(C)(C)C)CCN(CC(=O)OC(C)(C)C)CC2)C(COCCOCCOCc2ccccc2)COCCOCCOCc2ccccc2)CCN(CC(=O)OC(C)(C)C)CC1. The van der Waals surface area contributed by atoms with Crippen molar-refractivity contribution >= 4 is 35.8 Å². The summed E-state index contributed by atoms with van der Waals surface area (Å²) in [6.45, 7) is 42.2. The third-order valence-electron chi connectivity index (χ3n) is 17.2. The molecule has 2 heterocycles. The second-order valence-electron chi connectivity index (χ2n) is 35.1. The minimum absolute atomic E-state index is 0.0181. The first-order valence-corrected chi connectivity index (χ1v) is 40.2. The van der Waals surface area contributed by atoms with Crippen LogP contribution >= 0.6 is 0 Å². The number of aliphatic hydroxyl groups excluding tert-OH is 2. The molecule has 2 aromatic rings. The van der Waals surface area contributed by atoms with Crippen LogP contribution in [0.2, 0.25) is 0 Å². The van der Waals surface area contributed by atoms with E-state index in [4.69, 9.17) is 56.8 Å².